The zero-order valence-electron chi connectivity index (χ0n) is 24.9. The molecular weight excluding hydrogens is 621 g/mol. The molecule has 2 saturated heterocycles. The number of fused-ring (bicyclic) bond motifs is 2. The van der Waals surface area contributed by atoms with Gasteiger partial charge in [-0.05, 0) is 57.1 Å². The minimum atomic E-state index is -1.34. The third-order valence-corrected chi connectivity index (χ3v) is 9.50. The Morgan fingerprint density at radius 3 is 2.60 bits per heavy atom. The Morgan fingerprint density at radius 2 is 1.91 bits per heavy atom. The maximum Gasteiger partial charge on any atom is 0.341 e. The molecule has 2 aliphatic heterocycles. The molecule has 1 saturated carbocycles. The van der Waals surface area contributed by atoms with Gasteiger partial charge >= 0.3 is 5.97 Å². The van der Waals surface area contributed by atoms with Crippen LogP contribution in [0.25, 0.3) is 16.7 Å². The number of aromatic carboxylic acids is 1. The lowest BCUT2D eigenvalue weighted by atomic mass is 10.1. The molecule has 3 aliphatic rings. The second-order valence-corrected chi connectivity index (χ2v) is 12.7. The monoisotopic (exact) mass is 651 g/mol. The van der Waals surface area contributed by atoms with Crippen molar-refractivity contribution in [2.45, 2.75) is 31.0 Å². The number of rotatable bonds is 9. The Morgan fingerprint density at radius 1 is 1.11 bits per heavy atom. The van der Waals surface area contributed by atoms with Gasteiger partial charge in [0.1, 0.15) is 23.0 Å². The average molecular weight is 653 g/mol. The molecule has 1 N–H and O–H groups in total. The SMILES string of the molecule is COc1ccc(Cl)c(OC[C@H]2C[C@H]3C[C@H]3N2c2nc3c(cc2Cl)c(=O)c(C(=O)O)cn3-c2ccc(N3CC(N(C)C)C3)nc2)n1. The van der Waals surface area contributed by atoms with E-state index in [1.54, 1.807) is 22.9 Å². The fraction of sp³-hybridized carbons (Fsp3) is 0.387. The summed E-state index contributed by atoms with van der Waals surface area (Å²) in [6.45, 7) is 2.02. The minimum absolute atomic E-state index is 0.0813. The molecule has 4 aromatic rings. The van der Waals surface area contributed by atoms with Gasteiger partial charge < -0.3 is 29.3 Å². The van der Waals surface area contributed by atoms with Crippen LogP contribution in [0.1, 0.15) is 23.2 Å². The van der Waals surface area contributed by atoms with Gasteiger partial charge in [0.25, 0.3) is 0 Å². The third kappa shape index (κ3) is 5.30. The first-order chi connectivity index (χ1) is 21.6. The Hall–Kier alpha value is -4.13. The molecule has 0 radical (unpaired) electrons. The highest BCUT2D eigenvalue weighted by Crippen LogP contribution is 2.51. The number of halogens is 2. The number of likely N-dealkylation sites (N-methyl/N-ethyl adjacent to an activating group) is 1. The number of ether oxygens (including phenoxy) is 2. The van der Waals surface area contributed by atoms with Gasteiger partial charge in [-0.25, -0.2) is 14.8 Å². The number of nitrogens with zero attached hydrogens (tertiary/aromatic N) is 7. The highest BCUT2D eigenvalue weighted by atomic mass is 35.5. The number of aromatic nitrogens is 4. The number of hydrogen-bond donors (Lipinski definition) is 1. The van der Waals surface area contributed by atoms with Gasteiger partial charge in [0.05, 0.1) is 35.4 Å². The van der Waals surface area contributed by atoms with Crippen LogP contribution >= 0.6 is 23.2 Å². The smallest absolute Gasteiger partial charge is 0.341 e. The molecule has 0 aromatic carbocycles. The van der Waals surface area contributed by atoms with Crippen molar-refractivity contribution in [2.75, 3.05) is 50.7 Å². The molecule has 7 rings (SSSR count). The maximum absolute atomic E-state index is 13.3. The summed E-state index contributed by atoms with van der Waals surface area (Å²) in [5, 5.41) is 10.6. The normalized spacial score (nSPS) is 20.8. The number of carboxylic acids is 1. The van der Waals surface area contributed by atoms with Crippen molar-refractivity contribution < 1.29 is 19.4 Å². The summed E-state index contributed by atoms with van der Waals surface area (Å²) in [5.74, 6) is 1.12. The first kappa shape index (κ1) is 29.6. The molecule has 1 aliphatic carbocycles. The van der Waals surface area contributed by atoms with Gasteiger partial charge in [-0.15, -0.1) is 0 Å². The number of carboxylic acid groups (broad SMARTS) is 1. The molecule has 3 fully saturated rings. The number of carbonyl (C=O) groups is 1. The van der Waals surface area contributed by atoms with Gasteiger partial charge in [0.15, 0.2) is 11.5 Å². The Labute approximate surface area is 268 Å². The number of piperidine rings is 1. The van der Waals surface area contributed by atoms with Crippen molar-refractivity contribution >= 4 is 51.8 Å². The van der Waals surface area contributed by atoms with Crippen LogP contribution in [0, 0.1) is 5.92 Å². The zero-order chi connectivity index (χ0) is 31.6. The van der Waals surface area contributed by atoms with Gasteiger partial charge in [0.2, 0.25) is 17.2 Å². The number of anilines is 2. The Kier molecular flexibility index (Phi) is 7.46. The van der Waals surface area contributed by atoms with E-state index in [0.29, 0.717) is 34.4 Å². The van der Waals surface area contributed by atoms with E-state index in [1.807, 2.05) is 12.1 Å². The summed E-state index contributed by atoms with van der Waals surface area (Å²) in [6.07, 6.45) is 4.83. The van der Waals surface area contributed by atoms with Crippen molar-refractivity contribution in [3.8, 4) is 17.4 Å². The van der Waals surface area contributed by atoms with Gasteiger partial charge in [-0.3, -0.25) is 9.36 Å². The van der Waals surface area contributed by atoms with Crippen LogP contribution in [-0.4, -0.2) is 94.5 Å². The molecule has 0 amide bonds. The predicted octanol–water partition coefficient (Wildman–Crippen LogP) is 3.99. The van der Waals surface area contributed by atoms with Gasteiger partial charge in [0, 0.05) is 37.4 Å². The van der Waals surface area contributed by atoms with Crippen LogP contribution in [-0.2, 0) is 0 Å². The van der Waals surface area contributed by atoms with Crippen molar-refractivity contribution in [1.82, 2.24) is 24.4 Å². The van der Waals surface area contributed by atoms with Crippen LogP contribution in [0.2, 0.25) is 10.0 Å². The largest absolute Gasteiger partial charge is 0.481 e. The van der Waals surface area contributed by atoms with E-state index in [1.165, 1.54) is 19.4 Å². The van der Waals surface area contributed by atoms with Crippen LogP contribution < -0.4 is 24.7 Å². The number of pyridine rings is 4. The minimum Gasteiger partial charge on any atom is -0.481 e. The van der Waals surface area contributed by atoms with Crippen molar-refractivity contribution in [1.29, 1.82) is 0 Å². The molecule has 234 valence electrons. The second kappa shape index (κ2) is 11.3. The molecule has 0 unspecified atom stereocenters. The highest BCUT2D eigenvalue weighted by molar-refractivity contribution is 6.33. The molecule has 0 spiro atoms. The zero-order valence-corrected chi connectivity index (χ0v) is 26.4. The second-order valence-electron chi connectivity index (χ2n) is 11.9. The molecule has 3 atom stereocenters. The van der Waals surface area contributed by atoms with E-state index in [-0.39, 0.29) is 46.2 Å². The summed E-state index contributed by atoms with van der Waals surface area (Å²) in [5.41, 5.74) is -0.178. The molecule has 0 bridgehead atoms. The van der Waals surface area contributed by atoms with E-state index < -0.39 is 11.4 Å². The fourth-order valence-corrected chi connectivity index (χ4v) is 6.66. The summed E-state index contributed by atoms with van der Waals surface area (Å²) in [6, 6.07) is 9.20. The van der Waals surface area contributed by atoms with E-state index in [0.717, 1.165) is 31.7 Å². The van der Waals surface area contributed by atoms with Crippen LogP contribution in [0.15, 0.2) is 47.5 Å². The average Bonchev–Trinajstić information content (AvgIpc) is 3.66. The van der Waals surface area contributed by atoms with Crippen molar-refractivity contribution in [3.63, 3.8) is 0 Å². The molecule has 14 heteroatoms. The molecular formula is C31H31Cl2N7O5. The molecule has 4 aromatic heterocycles. The molecule has 6 heterocycles. The molecule has 12 nitrogen and oxygen atoms in total. The van der Waals surface area contributed by atoms with Crippen LogP contribution in [0.4, 0.5) is 11.6 Å². The third-order valence-electron chi connectivity index (χ3n) is 8.94. The van der Waals surface area contributed by atoms with E-state index in [9.17, 15) is 14.7 Å². The van der Waals surface area contributed by atoms with Gasteiger partial charge in [-0.1, -0.05) is 23.2 Å². The quantitative estimate of drug-likeness (QED) is 0.282. The van der Waals surface area contributed by atoms with E-state index in [2.05, 4.69) is 38.8 Å². The van der Waals surface area contributed by atoms with Crippen LogP contribution in [0.5, 0.6) is 11.8 Å². The Balaban J connectivity index is 1.25. The summed E-state index contributed by atoms with van der Waals surface area (Å²) in [7, 11) is 5.64. The lowest BCUT2D eigenvalue weighted by Gasteiger charge is -2.43. The van der Waals surface area contributed by atoms with E-state index in [4.69, 9.17) is 37.7 Å². The van der Waals surface area contributed by atoms with E-state index >= 15 is 0 Å². The molecule has 45 heavy (non-hydrogen) atoms. The summed E-state index contributed by atoms with van der Waals surface area (Å²) >= 11 is 13.1. The predicted molar refractivity (Wildman–Crippen MR) is 171 cm³/mol. The van der Waals surface area contributed by atoms with Crippen molar-refractivity contribution in [3.05, 3.63) is 68.6 Å². The van der Waals surface area contributed by atoms with Crippen LogP contribution in [0.3, 0.4) is 0 Å². The van der Waals surface area contributed by atoms with Gasteiger partial charge in [-0.2, -0.15) is 4.98 Å². The maximum atomic E-state index is 13.3. The number of methoxy groups -OCH3 is 1. The topological polar surface area (TPSA) is 126 Å². The standard InChI is InChI=1S/C31H31Cl2N7O5/c1-37(2)19-12-38(13-19)25-6-4-17(11-34-25)39-14-21(31(42)43)27(41)20-10-23(33)29(36-28(20)39)40-18(8-16-9-24(16)40)15-45-30-22(32)5-7-26(35-30)44-3/h4-7,10-11,14,16,18-19,24H,8-9,12-13,15H2,1-3H3,(H,42,43)/t16-,18+,24+/m0/s1. The first-order valence-electron chi connectivity index (χ1n) is 14.6. The lowest BCUT2D eigenvalue weighted by Crippen LogP contribution is -2.57. The summed E-state index contributed by atoms with van der Waals surface area (Å²) < 4.78 is 12.9. The fourth-order valence-electron chi connectivity index (χ4n) is 6.26. The highest BCUT2D eigenvalue weighted by Gasteiger charge is 2.53. The number of hydrogen-bond acceptors (Lipinski definition) is 10. The first-order valence-corrected chi connectivity index (χ1v) is 15.4. The lowest BCUT2D eigenvalue weighted by molar-refractivity contribution is 0.0695. The summed E-state index contributed by atoms with van der Waals surface area (Å²) in [4.78, 5) is 45.8. The van der Waals surface area contributed by atoms with Crippen molar-refractivity contribution in [2.24, 2.45) is 5.92 Å². The Bertz CT molecular complexity index is 1860.